The number of nitrogens with zero attached hydrogens (tertiary/aromatic N) is 2. The van der Waals surface area contributed by atoms with Crippen molar-refractivity contribution in [3.8, 4) is 11.8 Å². The van der Waals surface area contributed by atoms with Crippen LogP contribution < -0.4 is 10.1 Å². The van der Waals surface area contributed by atoms with Gasteiger partial charge < -0.3 is 14.6 Å². The molecule has 1 aromatic rings. The van der Waals surface area contributed by atoms with Crippen LogP contribution in [0.1, 0.15) is 30.1 Å². The summed E-state index contributed by atoms with van der Waals surface area (Å²) in [4.78, 5) is 12.2. The number of halogens is 5. The molecule has 28 heavy (non-hydrogen) atoms. The van der Waals surface area contributed by atoms with E-state index in [4.69, 9.17) is 21.6 Å². The van der Waals surface area contributed by atoms with Gasteiger partial charge in [-0.2, -0.15) is 18.4 Å². The fourth-order valence-electron chi connectivity index (χ4n) is 2.25. The van der Waals surface area contributed by atoms with Crippen molar-refractivity contribution in [2.24, 2.45) is 0 Å². The fourth-order valence-corrected chi connectivity index (χ4v) is 3.01. The number of nitrogens with one attached hydrogen (secondary N) is 1. The minimum Gasteiger partial charge on any atom is -0.759 e. The number of hydrogen-bond donors (Lipinski definition) is 1. The van der Waals surface area contributed by atoms with E-state index in [0.717, 1.165) is 19.1 Å². The zero-order chi connectivity index (χ0) is 21.3. The summed E-state index contributed by atoms with van der Waals surface area (Å²) in [7, 11) is 0. The van der Waals surface area contributed by atoms with Gasteiger partial charge in [-0.15, -0.1) is 4.31 Å². The molecule has 0 bridgehead atoms. The van der Waals surface area contributed by atoms with Crippen molar-refractivity contribution in [1.82, 2.24) is 9.62 Å². The minimum atomic E-state index is -5.19. The van der Waals surface area contributed by atoms with Crippen molar-refractivity contribution in [3.05, 3.63) is 28.5 Å². The summed E-state index contributed by atoms with van der Waals surface area (Å²) in [5.41, 5.74) is -1.26. The lowest BCUT2D eigenvalue weighted by molar-refractivity contribution is -0.222. The molecular weight excluding hydrogens is 430 g/mol. The SMILES string of the molecule is C[C@@H](COc1cc(C(=O)NC2(C#N)CC2)c(Cl)cc1F)N(S(=O)[O-])C(F)(F)F. The van der Waals surface area contributed by atoms with Crippen LogP contribution in [0.5, 0.6) is 5.75 Å². The van der Waals surface area contributed by atoms with Crippen LogP contribution in [0, 0.1) is 17.1 Å². The Kier molecular flexibility index (Phi) is 6.55. The molecule has 1 aromatic carbocycles. The summed E-state index contributed by atoms with van der Waals surface area (Å²) in [5.74, 6) is -2.43. The third-order valence-corrected chi connectivity index (χ3v) is 5.07. The Labute approximate surface area is 164 Å². The molecule has 0 aromatic heterocycles. The van der Waals surface area contributed by atoms with Crippen molar-refractivity contribution in [2.75, 3.05) is 6.61 Å². The van der Waals surface area contributed by atoms with E-state index in [0.29, 0.717) is 12.8 Å². The molecule has 2 atom stereocenters. The molecular formula is C15H13ClF4N3O4S-. The minimum absolute atomic E-state index is 0.243. The summed E-state index contributed by atoms with van der Waals surface area (Å²) in [6, 6.07) is 1.82. The average Bonchev–Trinajstić information content (AvgIpc) is 3.32. The number of carbonyl (C=O) groups excluding carboxylic acids is 1. The molecule has 0 radical (unpaired) electrons. The van der Waals surface area contributed by atoms with Gasteiger partial charge in [0.2, 0.25) is 0 Å². The number of alkyl halides is 3. The molecule has 1 aliphatic rings. The first-order valence-corrected chi connectivity index (χ1v) is 9.12. The predicted molar refractivity (Wildman–Crippen MR) is 88.2 cm³/mol. The molecule has 2 rings (SSSR count). The number of hydrogen-bond acceptors (Lipinski definition) is 5. The van der Waals surface area contributed by atoms with Gasteiger partial charge in [0, 0.05) is 11.3 Å². The zero-order valence-electron chi connectivity index (χ0n) is 14.2. The van der Waals surface area contributed by atoms with E-state index in [9.17, 15) is 31.1 Å². The zero-order valence-corrected chi connectivity index (χ0v) is 15.8. The van der Waals surface area contributed by atoms with Gasteiger partial charge in [0.15, 0.2) is 11.6 Å². The van der Waals surface area contributed by atoms with Crippen LogP contribution in [0.2, 0.25) is 5.02 Å². The lowest BCUT2D eigenvalue weighted by atomic mass is 10.1. The first-order chi connectivity index (χ1) is 12.9. The largest absolute Gasteiger partial charge is 0.759 e. The Morgan fingerprint density at radius 1 is 1.54 bits per heavy atom. The highest BCUT2D eigenvalue weighted by atomic mass is 35.5. The first kappa shape index (κ1) is 22.4. The number of amides is 1. The van der Waals surface area contributed by atoms with Gasteiger partial charge in [-0.1, -0.05) is 11.6 Å². The molecule has 1 amide bonds. The Balaban J connectivity index is 2.17. The standard InChI is InChI=1S/C15H14ClF4N3O4S/c1-8(23(28(25)26)15(18,19)20)6-27-12-4-9(10(16)5-11(12)17)13(24)22-14(7-21)2-3-14/h4-5,8H,2-3,6H2,1H3,(H,22,24)(H,25,26)/p-1/t8-/m0/s1. The fraction of sp³-hybridized carbons (Fsp3) is 0.467. The molecule has 0 aliphatic heterocycles. The monoisotopic (exact) mass is 442 g/mol. The summed E-state index contributed by atoms with van der Waals surface area (Å²) in [6.07, 6.45) is -4.31. The maximum atomic E-state index is 14.0. The van der Waals surface area contributed by atoms with Crippen molar-refractivity contribution in [2.45, 2.75) is 37.6 Å². The van der Waals surface area contributed by atoms with Crippen molar-refractivity contribution >= 4 is 28.8 Å². The van der Waals surface area contributed by atoms with Crippen molar-refractivity contribution in [3.63, 3.8) is 0 Å². The number of benzene rings is 1. The van der Waals surface area contributed by atoms with E-state index in [2.05, 4.69) is 5.32 Å². The van der Waals surface area contributed by atoms with Gasteiger partial charge in [0.1, 0.15) is 12.1 Å². The van der Waals surface area contributed by atoms with Crippen LogP contribution in [0.3, 0.4) is 0 Å². The normalized spacial score (nSPS) is 17.5. The maximum Gasteiger partial charge on any atom is 0.470 e. The van der Waals surface area contributed by atoms with Gasteiger partial charge >= 0.3 is 6.30 Å². The molecule has 0 spiro atoms. The van der Waals surface area contributed by atoms with Crippen LogP contribution in [-0.2, 0) is 11.3 Å². The summed E-state index contributed by atoms with van der Waals surface area (Å²) in [5, 5.41) is 11.1. The van der Waals surface area contributed by atoms with E-state index in [1.807, 2.05) is 6.07 Å². The van der Waals surface area contributed by atoms with E-state index in [1.54, 1.807) is 0 Å². The second-order valence-electron chi connectivity index (χ2n) is 6.08. The lowest BCUT2D eigenvalue weighted by Gasteiger charge is -2.31. The van der Waals surface area contributed by atoms with E-state index < -0.39 is 57.5 Å². The number of rotatable bonds is 7. The van der Waals surface area contributed by atoms with E-state index >= 15 is 0 Å². The van der Waals surface area contributed by atoms with Crippen LogP contribution >= 0.6 is 11.6 Å². The molecule has 1 unspecified atom stereocenters. The van der Waals surface area contributed by atoms with Crippen molar-refractivity contribution < 1.29 is 35.9 Å². The Morgan fingerprint density at radius 2 is 2.14 bits per heavy atom. The van der Waals surface area contributed by atoms with Gasteiger partial charge in [0.05, 0.1) is 22.7 Å². The van der Waals surface area contributed by atoms with Crippen molar-refractivity contribution in [1.29, 1.82) is 5.26 Å². The molecule has 1 saturated carbocycles. The molecule has 1 fully saturated rings. The Bertz CT molecular complexity index is 842. The second kappa shape index (κ2) is 8.20. The molecule has 154 valence electrons. The summed E-state index contributed by atoms with van der Waals surface area (Å²) in [6.45, 7) is 0.0593. The Hall–Kier alpha value is -1.94. The number of ether oxygens (including phenoxy) is 1. The molecule has 0 saturated heterocycles. The predicted octanol–water partition coefficient (Wildman–Crippen LogP) is 2.65. The van der Waals surface area contributed by atoms with Crippen LogP contribution in [0.15, 0.2) is 12.1 Å². The molecule has 13 heteroatoms. The quantitative estimate of drug-likeness (QED) is 0.397. The van der Waals surface area contributed by atoms with Gasteiger partial charge in [-0.05, 0) is 31.9 Å². The van der Waals surface area contributed by atoms with Crippen LogP contribution in [0.4, 0.5) is 17.6 Å². The smallest absolute Gasteiger partial charge is 0.470 e. The molecule has 7 nitrogen and oxygen atoms in total. The third kappa shape index (κ3) is 5.11. The lowest BCUT2D eigenvalue weighted by Crippen LogP contribution is -2.47. The highest BCUT2D eigenvalue weighted by Gasteiger charge is 2.45. The highest BCUT2D eigenvalue weighted by Crippen LogP contribution is 2.35. The summed E-state index contributed by atoms with van der Waals surface area (Å²) < 4.78 is 78.0. The van der Waals surface area contributed by atoms with Gasteiger partial charge in [-0.25, -0.2) is 4.39 Å². The molecule has 0 heterocycles. The molecule has 1 N–H and O–H groups in total. The van der Waals surface area contributed by atoms with Gasteiger partial charge in [0.25, 0.3) is 5.91 Å². The van der Waals surface area contributed by atoms with Crippen LogP contribution in [-0.4, -0.2) is 43.5 Å². The molecule has 1 aliphatic carbocycles. The summed E-state index contributed by atoms with van der Waals surface area (Å²) >= 11 is 2.21. The maximum absolute atomic E-state index is 14.0. The number of nitriles is 1. The van der Waals surface area contributed by atoms with E-state index in [-0.39, 0.29) is 10.6 Å². The highest BCUT2D eigenvalue weighted by molar-refractivity contribution is 7.76. The van der Waals surface area contributed by atoms with Gasteiger partial charge in [-0.3, -0.25) is 9.00 Å². The third-order valence-electron chi connectivity index (χ3n) is 3.87. The number of carbonyl (C=O) groups is 1. The van der Waals surface area contributed by atoms with E-state index in [1.165, 1.54) is 0 Å². The first-order valence-electron chi connectivity index (χ1n) is 7.71. The second-order valence-corrected chi connectivity index (χ2v) is 7.32. The Morgan fingerprint density at radius 3 is 2.61 bits per heavy atom. The van der Waals surface area contributed by atoms with Crippen LogP contribution in [0.25, 0.3) is 0 Å². The topological polar surface area (TPSA) is 105 Å². The average molecular weight is 443 g/mol.